The lowest BCUT2D eigenvalue weighted by atomic mass is 9.96. The third-order valence-electron chi connectivity index (χ3n) is 19.7. The second-order valence-electron chi connectivity index (χ2n) is 30.6. The Bertz CT molecular complexity index is 4550. The summed E-state index contributed by atoms with van der Waals surface area (Å²) in [6, 6.07) is 12.9. The molecule has 38 nitrogen and oxygen atoms in total. The molecule has 0 saturated carbocycles. The fraction of sp³-hybridized carbons (Fsp3) is 0.458. The van der Waals surface area contributed by atoms with Gasteiger partial charge in [-0.2, -0.15) is 12.6 Å². The fourth-order valence-electron chi connectivity index (χ4n) is 12.9. The zero-order valence-electron chi connectivity index (χ0n) is 69.6. The van der Waals surface area contributed by atoms with Crippen LogP contribution >= 0.6 is 12.6 Å². The number of benzene rings is 4. The Morgan fingerprint density at radius 1 is 0.475 bits per heavy atom. The van der Waals surface area contributed by atoms with Crippen molar-refractivity contribution in [3.8, 4) is 5.75 Å². The minimum atomic E-state index is -1.71. The molecular weight excluding hydrogens is 1600 g/mol. The molecule has 2 aromatic heterocycles. The number of aromatic hydroxyl groups is 1. The van der Waals surface area contributed by atoms with Gasteiger partial charge in [0.05, 0.1) is 31.2 Å². The summed E-state index contributed by atoms with van der Waals surface area (Å²) in [6.45, 7) is 12.6. The molecule has 660 valence electrons. The minimum Gasteiger partial charge on any atom is -0.508 e. The van der Waals surface area contributed by atoms with Gasteiger partial charge in [0, 0.05) is 74.6 Å². The van der Waals surface area contributed by atoms with E-state index in [4.69, 9.17) is 16.9 Å². The van der Waals surface area contributed by atoms with Crippen molar-refractivity contribution in [2.75, 3.05) is 25.4 Å². The number of carbonyl (C=O) groups excluding carboxylic acids is 15. The molecule has 122 heavy (non-hydrogen) atoms. The Hall–Kier alpha value is -12.9. The second kappa shape index (κ2) is 49.0. The molecule has 0 radical (unpaired) electrons. The number of imidazole rings is 1. The van der Waals surface area contributed by atoms with Gasteiger partial charge in [-0.3, -0.25) is 77.3 Å². The van der Waals surface area contributed by atoms with Crippen LogP contribution in [0.3, 0.4) is 0 Å². The molecule has 6 aromatic rings. The molecule has 14 atom stereocenters. The highest BCUT2D eigenvalue weighted by Gasteiger charge is 2.39. The van der Waals surface area contributed by atoms with E-state index in [0.29, 0.717) is 39.6 Å². The molecule has 0 fully saturated rings. The summed E-state index contributed by atoms with van der Waals surface area (Å²) in [6.07, 6.45) is 2.10. The van der Waals surface area contributed by atoms with Gasteiger partial charge in [-0.25, -0.2) is 4.98 Å². The van der Waals surface area contributed by atoms with Crippen molar-refractivity contribution in [2.45, 2.75) is 199 Å². The minimum absolute atomic E-state index is 0.0248. The maximum absolute atomic E-state index is 15.3. The number of para-hydroxylation sites is 1. The number of hydrogen-bond donors (Lipinski definition) is 23. The predicted molar refractivity (Wildman–Crippen MR) is 455 cm³/mol. The number of aromatic amines is 2. The summed E-state index contributed by atoms with van der Waals surface area (Å²) >= 11 is 4.13. The van der Waals surface area contributed by atoms with Crippen molar-refractivity contribution in [3.63, 3.8) is 0 Å². The summed E-state index contributed by atoms with van der Waals surface area (Å²) < 4.78 is 0. The number of aliphatic hydroxyl groups is 1. The van der Waals surface area contributed by atoms with E-state index in [1.807, 2.05) is 0 Å². The highest BCUT2D eigenvalue weighted by atomic mass is 32.1. The van der Waals surface area contributed by atoms with Crippen LogP contribution in [0.2, 0.25) is 0 Å². The predicted octanol–water partition coefficient (Wildman–Crippen LogP) is -1.99. The average molecular weight is 1710 g/mol. The number of hydrogen-bond acceptors (Lipinski definition) is 20. The molecule has 0 aliphatic carbocycles. The van der Waals surface area contributed by atoms with Crippen LogP contribution in [0.25, 0.3) is 10.9 Å². The van der Waals surface area contributed by atoms with Crippen molar-refractivity contribution in [2.24, 2.45) is 29.2 Å². The monoisotopic (exact) mass is 1710 g/mol. The SMILES string of the molecule is CC[C@H](C)[C@H](NC(=O)[C@H](Cc1ccccc1)NC(C)=O)C(=O)N[C@H](C(=O)NCC(=O)N[C@@H](Cc1c[nH]cn1)C(=O)N[C@@H](Cc1ccc(O)cc1)C(=O)N[C@@H](Cc1c[nH]c2ccccc12)C(=O)N[C@H](C(=O)N[C@@H](CCCNC(=N)N)C(=O)N[C@@H](Cc1ccccc1)C(=O)N[C@@H](CC(C)C)C(=O)N[C@@H](C)C(=O)N[C@@H](CS)C(=O)NCC(N)=O)C(C)C)[C@@H](C)O. The molecule has 15 amide bonds. The molecule has 0 unspecified atom stereocenters. The van der Waals surface area contributed by atoms with Crippen molar-refractivity contribution < 1.29 is 82.1 Å². The Balaban J connectivity index is 1.25. The van der Waals surface area contributed by atoms with Crippen molar-refractivity contribution in [1.82, 2.24) is 94.7 Å². The number of fused-ring (bicyclic) bond motifs is 1. The van der Waals surface area contributed by atoms with Gasteiger partial charge in [-0.05, 0) is 91.3 Å². The number of aromatic nitrogens is 3. The molecule has 0 spiro atoms. The summed E-state index contributed by atoms with van der Waals surface area (Å²) in [5.41, 5.74) is 13.8. The van der Waals surface area contributed by atoms with E-state index in [1.165, 1.54) is 57.6 Å². The van der Waals surface area contributed by atoms with Crippen LogP contribution in [-0.2, 0) is 104 Å². The maximum atomic E-state index is 15.3. The zero-order chi connectivity index (χ0) is 89.9. The Labute approximate surface area is 711 Å². The van der Waals surface area contributed by atoms with E-state index in [0.717, 1.165) is 0 Å². The topological polar surface area (TPSA) is 597 Å². The van der Waals surface area contributed by atoms with Gasteiger partial charge in [-0.15, -0.1) is 0 Å². The molecule has 2 heterocycles. The maximum Gasteiger partial charge on any atom is 0.245 e. The first-order valence-electron chi connectivity index (χ1n) is 40.1. The van der Waals surface area contributed by atoms with Crippen LogP contribution < -0.4 is 91.2 Å². The van der Waals surface area contributed by atoms with Crippen LogP contribution in [0.15, 0.2) is 128 Å². The van der Waals surface area contributed by atoms with Gasteiger partial charge < -0.3 is 111 Å². The fourth-order valence-corrected chi connectivity index (χ4v) is 13.2. The highest BCUT2D eigenvalue weighted by Crippen LogP contribution is 2.22. The number of carbonyl (C=O) groups is 15. The van der Waals surface area contributed by atoms with Gasteiger partial charge in [0.15, 0.2) is 5.96 Å². The molecule has 0 aliphatic heterocycles. The molecular formula is C83H115N21O17S. The third-order valence-corrected chi connectivity index (χ3v) is 20.1. The van der Waals surface area contributed by atoms with Crippen LogP contribution in [0.1, 0.15) is 116 Å². The number of aliphatic hydroxyl groups excluding tert-OH is 1. The van der Waals surface area contributed by atoms with Gasteiger partial charge in [0.2, 0.25) is 88.6 Å². The zero-order valence-corrected chi connectivity index (χ0v) is 70.5. The van der Waals surface area contributed by atoms with Gasteiger partial charge in [0.1, 0.15) is 78.3 Å². The summed E-state index contributed by atoms with van der Waals surface area (Å²) in [5.74, 6) is -15.2. The number of rotatable bonds is 49. The number of phenols is 1. The smallest absolute Gasteiger partial charge is 0.245 e. The van der Waals surface area contributed by atoms with E-state index in [-0.39, 0.29) is 81.0 Å². The number of nitrogens with two attached hydrogens (primary N) is 2. The number of H-pyrrole nitrogens is 2. The molecule has 39 heteroatoms. The Kier molecular flexibility index (Phi) is 39.3. The third kappa shape index (κ3) is 32.3. The number of nitrogens with one attached hydrogen (secondary N) is 18. The van der Waals surface area contributed by atoms with Crippen molar-refractivity contribution in [3.05, 3.63) is 156 Å². The molecule has 6 rings (SSSR count). The number of thiol groups is 1. The van der Waals surface area contributed by atoms with Gasteiger partial charge in [0.25, 0.3) is 0 Å². The number of primary amides is 1. The van der Waals surface area contributed by atoms with Gasteiger partial charge in [-0.1, -0.05) is 139 Å². The summed E-state index contributed by atoms with van der Waals surface area (Å²) in [4.78, 5) is 220. The van der Waals surface area contributed by atoms with Crippen LogP contribution in [0.4, 0.5) is 0 Å². The van der Waals surface area contributed by atoms with Crippen molar-refractivity contribution >= 4 is 118 Å². The average Bonchev–Trinajstić information content (AvgIpc) is 1.55. The first kappa shape index (κ1) is 97.9. The first-order valence-corrected chi connectivity index (χ1v) is 40.8. The van der Waals surface area contributed by atoms with E-state index in [1.54, 1.807) is 133 Å². The molecule has 4 aromatic carbocycles. The lowest BCUT2D eigenvalue weighted by molar-refractivity contribution is -0.136. The second-order valence-corrected chi connectivity index (χ2v) is 30.9. The molecule has 0 aliphatic rings. The van der Waals surface area contributed by atoms with Crippen LogP contribution in [0.5, 0.6) is 5.75 Å². The normalized spacial score (nSPS) is 14.6. The molecule has 0 saturated heterocycles. The summed E-state index contributed by atoms with van der Waals surface area (Å²) in [5, 5.41) is 68.9. The standard InChI is InChI=1S/C83H115N21O17S/c1-10-46(6)69(103-78(117)60(94-49(9)106)33-50-20-13-11-14-21-50)82(121)104-70(48(8)105)80(119)91-41-67(109)95-64(37-54-39-87-43-92-54)77(116)99-62(35-52-27-29-55(107)30-28-52)76(115)100-63(36-53-38-89-57-25-18-17-24-56(53)57)79(118)102-68(45(4)5)81(120)96-58(26-19-31-88-83(85)86)73(112)98-61(34-51-22-15-12-16-23-51)75(114)97-59(32-44(2)3)74(113)93-47(7)71(110)101-65(42-122)72(111)90-40-66(84)108/h11-18,20-25,27-30,38-39,43-48,58-65,68-70,89,105,107,122H,10,19,26,31-37,40-42H2,1-9H3,(H2,84,108)(H,87,92)(H,90,111)(H,91,119)(H,93,113)(H,94,106)(H,95,109)(H,96,120)(H,97,114)(H,98,112)(H,99,116)(H,100,115)(H,101,110)(H,102,118)(H,103,117)(H,104,121)(H4,85,86,88)/t46-,47-,48+,58-,59-,60-,61-,62-,63-,64-,65-,68-,69-,70-/m0/s1. The van der Waals surface area contributed by atoms with Crippen LogP contribution in [0, 0.1) is 23.2 Å². The first-order chi connectivity index (χ1) is 57.9. The number of guanidine groups is 1. The Morgan fingerprint density at radius 3 is 1.48 bits per heavy atom. The van der Waals surface area contributed by atoms with E-state index in [2.05, 4.69) is 107 Å². The number of phenolic OH excluding ortho intramolecular Hbond substituents is 1. The highest BCUT2D eigenvalue weighted by molar-refractivity contribution is 7.80. The summed E-state index contributed by atoms with van der Waals surface area (Å²) in [7, 11) is 0. The van der Waals surface area contributed by atoms with E-state index >= 15 is 14.4 Å². The number of nitrogens with zero attached hydrogens (tertiary/aromatic N) is 1. The number of amides is 15. The van der Waals surface area contributed by atoms with Crippen LogP contribution in [-0.4, -0.2) is 224 Å². The quantitative estimate of drug-likeness (QED) is 0.00851. The largest absolute Gasteiger partial charge is 0.508 e. The van der Waals surface area contributed by atoms with Crippen molar-refractivity contribution in [1.29, 1.82) is 5.41 Å². The lowest BCUT2D eigenvalue weighted by Gasteiger charge is -2.29. The van der Waals surface area contributed by atoms with E-state index in [9.17, 15) is 67.7 Å². The van der Waals surface area contributed by atoms with Gasteiger partial charge >= 0.3 is 0 Å². The van der Waals surface area contributed by atoms with E-state index < -0.39 is 198 Å². The Morgan fingerprint density at radius 2 is 0.951 bits per heavy atom. The molecule has 24 N–H and O–H groups in total. The lowest BCUT2D eigenvalue weighted by Crippen LogP contribution is -2.62. The molecule has 0 bridgehead atoms.